The van der Waals surface area contributed by atoms with Crippen LogP contribution in [0.3, 0.4) is 0 Å². The molecule has 2 fully saturated rings. The molecule has 0 spiro atoms. The van der Waals surface area contributed by atoms with Crippen molar-refractivity contribution >= 4 is 30.7 Å². The van der Waals surface area contributed by atoms with Crippen LogP contribution in [0.25, 0.3) is 0 Å². The summed E-state index contributed by atoms with van der Waals surface area (Å²) in [6.45, 7) is 8.40. The van der Waals surface area contributed by atoms with Gasteiger partial charge in [0.25, 0.3) is 0 Å². The normalized spacial score (nSPS) is 24.1. The molecular weight excluding hydrogens is 313 g/mol. The van der Waals surface area contributed by atoms with Crippen LogP contribution in [-0.4, -0.2) is 74.7 Å². The number of ether oxygens (including phenoxy) is 1. The smallest absolute Gasteiger partial charge is 0.226 e. The maximum Gasteiger partial charge on any atom is 0.226 e. The number of amides is 1. The van der Waals surface area contributed by atoms with E-state index in [1.165, 1.54) is 0 Å². The van der Waals surface area contributed by atoms with Crippen LogP contribution in [0.1, 0.15) is 19.8 Å². The Morgan fingerprint density at radius 2 is 1.95 bits per heavy atom. The average molecular weight is 342 g/mol. The second kappa shape index (κ2) is 10.6. The summed E-state index contributed by atoms with van der Waals surface area (Å²) in [7, 11) is 1.90. The summed E-state index contributed by atoms with van der Waals surface area (Å²) in [5, 5.41) is 3.09. The number of halogens is 2. The standard InChI is InChI=1S/C14H27N3O2.2ClH/c1-12(10-15-2)14(18)17-5-3-4-13(17)11-16-6-8-19-9-7-16;;/h12-13,15H,3-11H2,1-2H3;2*1H. The summed E-state index contributed by atoms with van der Waals surface area (Å²) in [4.78, 5) is 17.0. The lowest BCUT2D eigenvalue weighted by Crippen LogP contribution is -2.48. The van der Waals surface area contributed by atoms with E-state index in [2.05, 4.69) is 15.1 Å². The molecule has 1 amide bonds. The highest BCUT2D eigenvalue weighted by Crippen LogP contribution is 2.21. The first-order chi connectivity index (χ1) is 9.22. The minimum atomic E-state index is 0. The van der Waals surface area contributed by atoms with E-state index in [0.29, 0.717) is 11.9 Å². The Kier molecular flexibility index (Phi) is 10.6. The van der Waals surface area contributed by atoms with Crippen molar-refractivity contribution in [1.29, 1.82) is 0 Å². The molecule has 2 atom stereocenters. The first-order valence-electron chi connectivity index (χ1n) is 7.47. The van der Waals surface area contributed by atoms with E-state index in [1.54, 1.807) is 0 Å². The predicted molar refractivity (Wildman–Crippen MR) is 89.6 cm³/mol. The lowest BCUT2D eigenvalue weighted by molar-refractivity contribution is -0.136. The van der Waals surface area contributed by atoms with Crippen LogP contribution in [0, 0.1) is 5.92 Å². The van der Waals surface area contributed by atoms with Gasteiger partial charge in [0.1, 0.15) is 0 Å². The Balaban J connectivity index is 0.00000200. The molecule has 7 heteroatoms. The SMILES string of the molecule is CNCC(C)C(=O)N1CCCC1CN1CCOCC1.Cl.Cl. The Labute approximate surface area is 140 Å². The first-order valence-corrected chi connectivity index (χ1v) is 7.47. The van der Waals surface area contributed by atoms with Crippen molar-refractivity contribution in [2.24, 2.45) is 5.92 Å². The van der Waals surface area contributed by atoms with Gasteiger partial charge in [-0.1, -0.05) is 6.92 Å². The zero-order valence-corrected chi connectivity index (χ0v) is 14.7. The lowest BCUT2D eigenvalue weighted by Gasteiger charge is -2.34. The van der Waals surface area contributed by atoms with E-state index in [4.69, 9.17) is 4.74 Å². The van der Waals surface area contributed by atoms with Gasteiger partial charge in [0.15, 0.2) is 0 Å². The average Bonchev–Trinajstić information content (AvgIpc) is 2.87. The predicted octanol–water partition coefficient (Wildman–Crippen LogP) is 1.01. The molecule has 0 aromatic carbocycles. The van der Waals surface area contributed by atoms with Gasteiger partial charge in [-0.2, -0.15) is 0 Å². The molecule has 0 aromatic rings. The number of likely N-dealkylation sites (tertiary alicyclic amines) is 1. The van der Waals surface area contributed by atoms with Crippen molar-refractivity contribution in [1.82, 2.24) is 15.1 Å². The molecule has 1 N–H and O–H groups in total. The van der Waals surface area contributed by atoms with E-state index >= 15 is 0 Å². The van der Waals surface area contributed by atoms with Gasteiger partial charge < -0.3 is 15.0 Å². The molecule has 2 rings (SSSR count). The number of hydrogen-bond acceptors (Lipinski definition) is 4. The number of carbonyl (C=O) groups is 1. The van der Waals surface area contributed by atoms with Crippen LogP contribution in [0.15, 0.2) is 0 Å². The third kappa shape index (κ3) is 5.91. The molecule has 0 bridgehead atoms. The van der Waals surface area contributed by atoms with Crippen LogP contribution in [0.2, 0.25) is 0 Å². The van der Waals surface area contributed by atoms with Gasteiger partial charge >= 0.3 is 0 Å². The number of carbonyl (C=O) groups excluding carboxylic acids is 1. The van der Waals surface area contributed by atoms with Gasteiger partial charge in [-0.15, -0.1) is 24.8 Å². The summed E-state index contributed by atoms with van der Waals surface area (Å²) in [6, 6.07) is 0.407. The van der Waals surface area contributed by atoms with E-state index in [9.17, 15) is 4.79 Å². The van der Waals surface area contributed by atoms with E-state index in [0.717, 1.165) is 58.8 Å². The monoisotopic (exact) mass is 341 g/mol. The van der Waals surface area contributed by atoms with Crippen LogP contribution in [-0.2, 0) is 9.53 Å². The molecule has 0 saturated carbocycles. The van der Waals surface area contributed by atoms with Crippen molar-refractivity contribution in [2.75, 3.05) is 53.0 Å². The Morgan fingerprint density at radius 3 is 2.57 bits per heavy atom. The third-order valence-electron chi connectivity index (χ3n) is 4.16. The topological polar surface area (TPSA) is 44.8 Å². The first kappa shape index (κ1) is 20.9. The summed E-state index contributed by atoms with van der Waals surface area (Å²) in [6.07, 6.45) is 2.29. The molecule has 2 saturated heterocycles. The molecule has 2 aliphatic rings. The highest BCUT2D eigenvalue weighted by atomic mass is 35.5. The van der Waals surface area contributed by atoms with Gasteiger partial charge in [-0.25, -0.2) is 0 Å². The van der Waals surface area contributed by atoms with Crippen LogP contribution in [0.5, 0.6) is 0 Å². The summed E-state index contributed by atoms with van der Waals surface area (Å²) in [5.41, 5.74) is 0. The third-order valence-corrected chi connectivity index (χ3v) is 4.16. The zero-order valence-electron chi connectivity index (χ0n) is 13.0. The molecule has 5 nitrogen and oxygen atoms in total. The molecule has 126 valence electrons. The van der Waals surface area contributed by atoms with E-state index in [-0.39, 0.29) is 30.7 Å². The van der Waals surface area contributed by atoms with Crippen molar-refractivity contribution in [3.05, 3.63) is 0 Å². The van der Waals surface area contributed by atoms with Crippen molar-refractivity contribution in [3.8, 4) is 0 Å². The van der Waals surface area contributed by atoms with Crippen molar-refractivity contribution < 1.29 is 9.53 Å². The Hall–Kier alpha value is -0.0700. The molecule has 2 heterocycles. The summed E-state index contributed by atoms with van der Waals surface area (Å²) >= 11 is 0. The van der Waals surface area contributed by atoms with Gasteiger partial charge in [0, 0.05) is 44.7 Å². The van der Waals surface area contributed by atoms with Gasteiger partial charge in [0.2, 0.25) is 5.91 Å². The maximum absolute atomic E-state index is 12.4. The van der Waals surface area contributed by atoms with Crippen LogP contribution >= 0.6 is 24.8 Å². The fourth-order valence-corrected chi connectivity index (χ4v) is 3.07. The Bertz CT molecular complexity index is 302. The fraction of sp³-hybridized carbons (Fsp3) is 0.929. The molecule has 2 aliphatic heterocycles. The van der Waals surface area contributed by atoms with Crippen molar-refractivity contribution in [2.45, 2.75) is 25.8 Å². The van der Waals surface area contributed by atoms with E-state index < -0.39 is 0 Å². The second-order valence-corrected chi connectivity index (χ2v) is 5.70. The van der Waals surface area contributed by atoms with Crippen LogP contribution < -0.4 is 5.32 Å². The molecule has 0 radical (unpaired) electrons. The summed E-state index contributed by atoms with van der Waals surface area (Å²) in [5.74, 6) is 0.389. The van der Waals surface area contributed by atoms with Crippen LogP contribution in [0.4, 0.5) is 0 Å². The quantitative estimate of drug-likeness (QED) is 0.810. The number of morpholine rings is 1. The minimum absolute atomic E-state index is 0. The molecule has 0 aliphatic carbocycles. The highest BCUT2D eigenvalue weighted by molar-refractivity contribution is 5.85. The number of nitrogens with zero attached hydrogens (tertiary/aromatic N) is 2. The largest absolute Gasteiger partial charge is 0.379 e. The summed E-state index contributed by atoms with van der Waals surface area (Å²) < 4.78 is 5.38. The number of nitrogens with one attached hydrogen (secondary N) is 1. The van der Waals surface area contributed by atoms with Gasteiger partial charge in [-0.3, -0.25) is 9.69 Å². The molecular formula is C14H29Cl2N3O2. The molecule has 2 unspecified atom stereocenters. The number of rotatable bonds is 5. The minimum Gasteiger partial charge on any atom is -0.379 e. The fourth-order valence-electron chi connectivity index (χ4n) is 3.07. The van der Waals surface area contributed by atoms with Crippen molar-refractivity contribution in [3.63, 3.8) is 0 Å². The van der Waals surface area contributed by atoms with Gasteiger partial charge in [0.05, 0.1) is 13.2 Å². The van der Waals surface area contributed by atoms with Gasteiger partial charge in [-0.05, 0) is 19.9 Å². The number of hydrogen-bond donors (Lipinski definition) is 1. The van der Waals surface area contributed by atoms with E-state index in [1.807, 2.05) is 14.0 Å². The zero-order chi connectivity index (χ0) is 13.7. The second-order valence-electron chi connectivity index (χ2n) is 5.70. The highest BCUT2D eigenvalue weighted by Gasteiger charge is 2.32. The maximum atomic E-state index is 12.4. The molecule has 0 aromatic heterocycles. The Morgan fingerprint density at radius 1 is 1.29 bits per heavy atom. The lowest BCUT2D eigenvalue weighted by atomic mass is 10.1. The molecule has 21 heavy (non-hydrogen) atoms.